The van der Waals surface area contributed by atoms with E-state index < -0.39 is 5.97 Å². The van der Waals surface area contributed by atoms with Crippen LogP contribution in [0, 0.1) is 0 Å². The second kappa shape index (κ2) is 6.74. The molecule has 0 aliphatic carbocycles. The number of rotatable bonds is 4. The van der Waals surface area contributed by atoms with Crippen molar-refractivity contribution in [2.24, 2.45) is 0 Å². The highest BCUT2D eigenvalue weighted by Crippen LogP contribution is 2.23. The lowest BCUT2D eigenvalue weighted by Gasteiger charge is -2.35. The van der Waals surface area contributed by atoms with Crippen molar-refractivity contribution in [1.29, 1.82) is 0 Å². The third kappa shape index (κ3) is 3.84. The van der Waals surface area contributed by atoms with Crippen LogP contribution in [0.2, 0.25) is 0 Å². The van der Waals surface area contributed by atoms with Gasteiger partial charge in [0.25, 0.3) is 5.91 Å². The van der Waals surface area contributed by atoms with Crippen LogP contribution in [0.4, 0.5) is 0 Å². The van der Waals surface area contributed by atoms with E-state index in [0.717, 1.165) is 19.3 Å². The van der Waals surface area contributed by atoms with Crippen molar-refractivity contribution >= 4 is 11.9 Å². The molecular formula is C17H23NO3. The SMILES string of the molecule is CC(C)c1ccc(C(=O)N2CCCC[C@@H]2CC(=O)O)cc1. The molecule has 1 fully saturated rings. The maximum atomic E-state index is 12.6. The number of benzene rings is 1. The van der Waals surface area contributed by atoms with Crippen LogP contribution in [-0.2, 0) is 4.79 Å². The molecule has 4 heteroatoms. The largest absolute Gasteiger partial charge is 0.481 e. The van der Waals surface area contributed by atoms with E-state index in [1.54, 1.807) is 4.90 Å². The lowest BCUT2D eigenvalue weighted by molar-refractivity contribution is -0.138. The third-order valence-electron chi connectivity index (χ3n) is 4.12. The predicted molar refractivity (Wildman–Crippen MR) is 81.5 cm³/mol. The van der Waals surface area contributed by atoms with Gasteiger partial charge in [0.05, 0.1) is 6.42 Å². The first kappa shape index (κ1) is 15.5. The number of carboxylic acid groups (broad SMARTS) is 1. The van der Waals surface area contributed by atoms with Crippen molar-refractivity contribution in [2.45, 2.75) is 51.5 Å². The number of likely N-dealkylation sites (tertiary alicyclic amines) is 1. The molecular weight excluding hydrogens is 266 g/mol. The van der Waals surface area contributed by atoms with Crippen LogP contribution in [-0.4, -0.2) is 34.5 Å². The normalized spacial score (nSPS) is 18.8. The Morgan fingerprint density at radius 2 is 1.90 bits per heavy atom. The van der Waals surface area contributed by atoms with Crippen molar-refractivity contribution in [3.8, 4) is 0 Å². The lowest BCUT2D eigenvalue weighted by Crippen LogP contribution is -2.44. The number of hydrogen-bond donors (Lipinski definition) is 1. The number of carbonyl (C=O) groups is 2. The van der Waals surface area contributed by atoms with Crippen LogP contribution in [0.25, 0.3) is 0 Å². The van der Waals surface area contributed by atoms with E-state index in [2.05, 4.69) is 13.8 Å². The molecule has 1 saturated heterocycles. The highest BCUT2D eigenvalue weighted by atomic mass is 16.4. The molecule has 114 valence electrons. The number of piperidine rings is 1. The minimum absolute atomic E-state index is 0.0375. The van der Waals surface area contributed by atoms with Crippen LogP contribution in [0.1, 0.15) is 61.4 Å². The van der Waals surface area contributed by atoms with Crippen LogP contribution in [0.15, 0.2) is 24.3 Å². The van der Waals surface area contributed by atoms with E-state index in [4.69, 9.17) is 5.11 Å². The number of nitrogens with zero attached hydrogens (tertiary/aromatic N) is 1. The zero-order chi connectivity index (χ0) is 15.4. The van der Waals surface area contributed by atoms with Crippen LogP contribution in [0.3, 0.4) is 0 Å². The van der Waals surface area contributed by atoms with Gasteiger partial charge in [-0.2, -0.15) is 0 Å². The van der Waals surface area contributed by atoms with Crippen molar-refractivity contribution < 1.29 is 14.7 Å². The van der Waals surface area contributed by atoms with Crippen molar-refractivity contribution in [1.82, 2.24) is 4.90 Å². The van der Waals surface area contributed by atoms with Gasteiger partial charge in [0, 0.05) is 18.2 Å². The highest BCUT2D eigenvalue weighted by Gasteiger charge is 2.29. The molecule has 2 rings (SSSR count). The van der Waals surface area contributed by atoms with Gasteiger partial charge < -0.3 is 10.0 Å². The summed E-state index contributed by atoms with van der Waals surface area (Å²) in [5, 5.41) is 9.00. The fraction of sp³-hybridized carbons (Fsp3) is 0.529. The smallest absolute Gasteiger partial charge is 0.305 e. The van der Waals surface area contributed by atoms with Crippen molar-refractivity contribution in [2.75, 3.05) is 6.54 Å². The number of hydrogen-bond acceptors (Lipinski definition) is 2. The molecule has 0 radical (unpaired) electrons. The van der Waals surface area contributed by atoms with Gasteiger partial charge in [0.2, 0.25) is 0 Å². The predicted octanol–water partition coefficient (Wildman–Crippen LogP) is 3.28. The van der Waals surface area contributed by atoms with Crippen molar-refractivity contribution in [3.05, 3.63) is 35.4 Å². The van der Waals surface area contributed by atoms with E-state index in [1.165, 1.54) is 5.56 Å². The molecule has 1 aromatic carbocycles. The minimum atomic E-state index is -0.838. The average Bonchev–Trinajstić information content (AvgIpc) is 2.46. The summed E-state index contributed by atoms with van der Waals surface area (Å²) < 4.78 is 0. The van der Waals surface area contributed by atoms with E-state index in [0.29, 0.717) is 18.0 Å². The molecule has 1 heterocycles. The Bertz CT molecular complexity index is 507. The Labute approximate surface area is 125 Å². The monoisotopic (exact) mass is 289 g/mol. The zero-order valence-corrected chi connectivity index (χ0v) is 12.7. The second-order valence-corrected chi connectivity index (χ2v) is 6.02. The fourth-order valence-electron chi connectivity index (χ4n) is 2.86. The minimum Gasteiger partial charge on any atom is -0.481 e. The van der Waals surface area contributed by atoms with Gasteiger partial charge >= 0.3 is 5.97 Å². The molecule has 1 atom stereocenters. The van der Waals surface area contributed by atoms with Gasteiger partial charge in [0.1, 0.15) is 0 Å². The number of carboxylic acids is 1. The van der Waals surface area contributed by atoms with E-state index in [1.807, 2.05) is 24.3 Å². The van der Waals surface area contributed by atoms with Crippen molar-refractivity contribution in [3.63, 3.8) is 0 Å². The molecule has 0 spiro atoms. The molecule has 21 heavy (non-hydrogen) atoms. The Morgan fingerprint density at radius 3 is 2.48 bits per heavy atom. The van der Waals surface area contributed by atoms with E-state index in [-0.39, 0.29) is 18.4 Å². The van der Waals surface area contributed by atoms with Crippen LogP contribution in [0.5, 0.6) is 0 Å². The topological polar surface area (TPSA) is 57.6 Å². The number of amides is 1. The molecule has 1 aliphatic rings. The summed E-state index contributed by atoms with van der Waals surface area (Å²) in [4.78, 5) is 25.3. The molecule has 0 aromatic heterocycles. The first-order valence-electron chi connectivity index (χ1n) is 7.61. The van der Waals surface area contributed by atoms with Gasteiger partial charge in [-0.15, -0.1) is 0 Å². The molecule has 1 amide bonds. The zero-order valence-electron chi connectivity index (χ0n) is 12.7. The van der Waals surface area contributed by atoms with Crippen LogP contribution >= 0.6 is 0 Å². The molecule has 4 nitrogen and oxygen atoms in total. The molecule has 1 aromatic rings. The summed E-state index contributed by atoms with van der Waals surface area (Å²) in [5.41, 5.74) is 1.85. The maximum absolute atomic E-state index is 12.6. The first-order chi connectivity index (χ1) is 9.99. The summed E-state index contributed by atoms with van der Waals surface area (Å²) in [6, 6.07) is 7.49. The molecule has 1 aliphatic heterocycles. The Balaban J connectivity index is 2.14. The van der Waals surface area contributed by atoms with E-state index in [9.17, 15) is 9.59 Å². The second-order valence-electron chi connectivity index (χ2n) is 6.02. The Morgan fingerprint density at radius 1 is 1.24 bits per heavy atom. The highest BCUT2D eigenvalue weighted by molar-refractivity contribution is 5.94. The quantitative estimate of drug-likeness (QED) is 0.925. The molecule has 0 saturated carbocycles. The Kier molecular flexibility index (Phi) is 4.99. The van der Waals surface area contributed by atoms with Crippen LogP contribution < -0.4 is 0 Å². The molecule has 0 bridgehead atoms. The molecule has 0 unspecified atom stereocenters. The van der Waals surface area contributed by atoms with Gasteiger partial charge in [-0.3, -0.25) is 9.59 Å². The van der Waals surface area contributed by atoms with Gasteiger partial charge in [-0.05, 0) is 42.9 Å². The number of aliphatic carboxylic acids is 1. The summed E-state index contributed by atoms with van der Waals surface area (Å²) >= 11 is 0. The Hall–Kier alpha value is -1.84. The lowest BCUT2D eigenvalue weighted by atomic mass is 9.97. The summed E-state index contributed by atoms with van der Waals surface area (Å²) in [6.45, 7) is 4.89. The summed E-state index contributed by atoms with van der Waals surface area (Å²) in [5.74, 6) is -0.449. The fourth-order valence-corrected chi connectivity index (χ4v) is 2.86. The van der Waals surface area contributed by atoms with Gasteiger partial charge in [-0.1, -0.05) is 26.0 Å². The number of carbonyl (C=O) groups excluding carboxylic acids is 1. The third-order valence-corrected chi connectivity index (χ3v) is 4.12. The standard InChI is InChI=1S/C17H23NO3/c1-12(2)13-6-8-14(9-7-13)17(21)18-10-4-3-5-15(18)11-16(19)20/h6-9,12,15H,3-5,10-11H2,1-2H3,(H,19,20)/t15-/m1/s1. The summed E-state index contributed by atoms with van der Waals surface area (Å²) in [6.07, 6.45) is 2.76. The summed E-state index contributed by atoms with van der Waals surface area (Å²) in [7, 11) is 0. The maximum Gasteiger partial charge on any atom is 0.305 e. The first-order valence-corrected chi connectivity index (χ1v) is 7.61. The molecule has 1 N–H and O–H groups in total. The van der Waals surface area contributed by atoms with Gasteiger partial charge in [0.15, 0.2) is 0 Å². The van der Waals surface area contributed by atoms with Gasteiger partial charge in [-0.25, -0.2) is 0 Å². The van der Waals surface area contributed by atoms with E-state index >= 15 is 0 Å². The average molecular weight is 289 g/mol.